The number of terminal acetylenes is 4. The number of benzene rings is 5. The molecule has 50 heavy (non-hydrogen) atoms. The Morgan fingerprint density at radius 3 is 1.48 bits per heavy atom. The van der Waals surface area contributed by atoms with Crippen LogP contribution < -0.4 is 18.9 Å². The van der Waals surface area contributed by atoms with E-state index in [1.54, 1.807) is 0 Å². The van der Waals surface area contributed by atoms with Gasteiger partial charge in [-0.1, -0.05) is 91.5 Å². The van der Waals surface area contributed by atoms with Crippen molar-refractivity contribution in [1.82, 2.24) is 0 Å². The first-order chi connectivity index (χ1) is 24.5. The molecule has 248 valence electrons. The van der Waals surface area contributed by atoms with Gasteiger partial charge in [0.05, 0.1) is 5.41 Å². The van der Waals surface area contributed by atoms with E-state index in [-0.39, 0.29) is 26.4 Å². The maximum atomic E-state index is 6.39. The lowest BCUT2D eigenvalue weighted by molar-refractivity contribution is 0.354. The lowest BCUT2D eigenvalue weighted by Gasteiger charge is -2.36. The largest absolute Gasteiger partial charge is 0.481 e. The Morgan fingerprint density at radius 2 is 1.02 bits per heavy atom. The second-order valence-electron chi connectivity index (χ2n) is 12.7. The van der Waals surface area contributed by atoms with Crippen molar-refractivity contribution in [1.29, 1.82) is 0 Å². The first kappa shape index (κ1) is 33.9. The molecule has 4 nitrogen and oxygen atoms in total. The van der Waals surface area contributed by atoms with Crippen LogP contribution in [0.5, 0.6) is 23.0 Å². The molecule has 1 aliphatic rings. The summed E-state index contributed by atoms with van der Waals surface area (Å²) in [6, 6.07) is 29.1. The first-order valence-corrected chi connectivity index (χ1v) is 17.0. The Bertz CT molecular complexity index is 2040. The van der Waals surface area contributed by atoms with Crippen LogP contribution in [-0.2, 0) is 5.41 Å². The maximum absolute atomic E-state index is 6.39. The molecule has 0 unspecified atom stereocenters. The van der Waals surface area contributed by atoms with Crippen LogP contribution in [0, 0.1) is 49.4 Å². The van der Waals surface area contributed by atoms with E-state index in [9.17, 15) is 0 Å². The van der Waals surface area contributed by atoms with E-state index in [4.69, 9.17) is 44.6 Å². The summed E-state index contributed by atoms with van der Waals surface area (Å²) in [5, 5.41) is 3.87. The van der Waals surface area contributed by atoms with E-state index < -0.39 is 5.41 Å². The predicted octanol–water partition coefficient (Wildman–Crippen LogP) is 9.44. The second kappa shape index (κ2) is 15.5. The highest BCUT2D eigenvalue weighted by atomic mass is 16.5. The van der Waals surface area contributed by atoms with E-state index in [1.807, 2.05) is 48.5 Å². The molecular formula is C46H40O4. The van der Waals surface area contributed by atoms with Crippen molar-refractivity contribution in [2.45, 2.75) is 50.4 Å². The lowest BCUT2D eigenvalue weighted by Crippen LogP contribution is -2.28. The van der Waals surface area contributed by atoms with Crippen molar-refractivity contribution in [3.05, 3.63) is 107 Å². The minimum absolute atomic E-state index is 0.102. The van der Waals surface area contributed by atoms with E-state index in [2.05, 4.69) is 67.0 Å². The number of fused-ring (bicyclic) bond motifs is 2. The molecule has 0 bridgehead atoms. The summed E-state index contributed by atoms with van der Waals surface area (Å²) in [7, 11) is 0. The topological polar surface area (TPSA) is 36.9 Å². The number of ether oxygens (including phenoxy) is 4. The Kier molecular flexibility index (Phi) is 10.5. The van der Waals surface area contributed by atoms with Crippen molar-refractivity contribution in [2.24, 2.45) is 0 Å². The summed E-state index contributed by atoms with van der Waals surface area (Å²) < 4.78 is 24.4. The van der Waals surface area contributed by atoms with Gasteiger partial charge in [0.2, 0.25) is 0 Å². The molecule has 0 N–H and O–H groups in total. The third kappa shape index (κ3) is 6.81. The molecule has 0 radical (unpaired) electrons. The van der Waals surface area contributed by atoms with E-state index in [0.717, 1.165) is 38.2 Å². The van der Waals surface area contributed by atoms with Crippen LogP contribution in [0.1, 0.15) is 67.2 Å². The van der Waals surface area contributed by atoms with E-state index in [1.165, 1.54) is 37.7 Å². The van der Waals surface area contributed by atoms with Gasteiger partial charge < -0.3 is 18.9 Å². The average molecular weight is 657 g/mol. The third-order valence-corrected chi connectivity index (χ3v) is 9.74. The SMILES string of the molecule is C#CCOc1ccc2c(C(C)(c3ccc(C4CCCCC4)cc3)c3c(OCC#C)ccc4cc(OCC#C)ccc34)c(OCC#C)ccc2c1. The van der Waals surface area contributed by atoms with Crippen molar-refractivity contribution in [3.8, 4) is 72.4 Å². The molecule has 0 aromatic heterocycles. The van der Waals surface area contributed by atoms with Gasteiger partial charge in [-0.05, 0) is 94.8 Å². The number of hydrogen-bond donors (Lipinski definition) is 0. The van der Waals surface area contributed by atoms with Crippen molar-refractivity contribution in [3.63, 3.8) is 0 Å². The molecule has 0 saturated heterocycles. The fourth-order valence-electron chi connectivity index (χ4n) is 7.45. The van der Waals surface area contributed by atoms with Crippen LogP contribution >= 0.6 is 0 Å². The van der Waals surface area contributed by atoms with Gasteiger partial charge in [0.1, 0.15) is 49.4 Å². The van der Waals surface area contributed by atoms with Crippen molar-refractivity contribution in [2.75, 3.05) is 26.4 Å². The van der Waals surface area contributed by atoms with Gasteiger partial charge >= 0.3 is 0 Å². The zero-order valence-electron chi connectivity index (χ0n) is 28.5. The highest BCUT2D eigenvalue weighted by molar-refractivity contribution is 5.96. The smallest absolute Gasteiger partial charge is 0.148 e. The molecule has 0 amide bonds. The zero-order chi connectivity index (χ0) is 34.9. The highest BCUT2D eigenvalue weighted by Crippen LogP contribution is 2.52. The Balaban J connectivity index is 1.68. The summed E-state index contributed by atoms with van der Waals surface area (Å²) in [4.78, 5) is 0. The van der Waals surface area contributed by atoms with Crippen LogP contribution in [0.15, 0.2) is 84.9 Å². The minimum atomic E-state index is -0.847. The van der Waals surface area contributed by atoms with E-state index >= 15 is 0 Å². The minimum Gasteiger partial charge on any atom is -0.481 e. The third-order valence-electron chi connectivity index (χ3n) is 9.74. The van der Waals surface area contributed by atoms with Gasteiger partial charge in [-0.3, -0.25) is 0 Å². The average Bonchev–Trinajstić information content (AvgIpc) is 3.17. The number of rotatable bonds is 12. The molecule has 0 spiro atoms. The monoisotopic (exact) mass is 656 g/mol. The van der Waals surface area contributed by atoms with E-state index in [0.29, 0.717) is 28.9 Å². The first-order valence-electron chi connectivity index (χ1n) is 17.0. The fourth-order valence-corrected chi connectivity index (χ4v) is 7.45. The van der Waals surface area contributed by atoms with Crippen LogP contribution in [0.4, 0.5) is 0 Å². The number of hydrogen-bond acceptors (Lipinski definition) is 4. The summed E-state index contributed by atoms with van der Waals surface area (Å²) in [5.41, 5.74) is 3.45. The normalized spacial score (nSPS) is 13.1. The molecule has 0 atom stereocenters. The molecule has 1 saturated carbocycles. The zero-order valence-corrected chi connectivity index (χ0v) is 28.5. The van der Waals surface area contributed by atoms with Crippen LogP contribution in [-0.4, -0.2) is 26.4 Å². The van der Waals surface area contributed by atoms with Crippen LogP contribution in [0.3, 0.4) is 0 Å². The van der Waals surface area contributed by atoms with Crippen molar-refractivity contribution < 1.29 is 18.9 Å². The fraction of sp³-hybridized carbons (Fsp3) is 0.261. The Labute approximate surface area is 296 Å². The molecular weight excluding hydrogens is 617 g/mol. The lowest BCUT2D eigenvalue weighted by atomic mass is 9.67. The standard InChI is InChI=1S/C46H40O4/c1-6-27-47-38-21-23-40-35(31-38)17-25-42(49-29-8-3)44(40)46(5,37-19-15-34(16-20-37)33-13-11-10-12-14-33)45-41-24-22-39(48-28-7-2)32-36(41)18-26-43(45)50-30-9-4/h1-4,15-26,31-33H,10-14,27-30H2,5H3. The summed E-state index contributed by atoms with van der Waals surface area (Å²) in [6.45, 7) is 2.77. The Hall–Kier alpha value is -5.94. The summed E-state index contributed by atoms with van der Waals surface area (Å²) in [6.07, 6.45) is 28.8. The molecule has 1 aliphatic carbocycles. The van der Waals surface area contributed by atoms with Gasteiger partial charge in [-0.15, -0.1) is 25.7 Å². The maximum Gasteiger partial charge on any atom is 0.148 e. The quantitative estimate of drug-likeness (QED) is 0.0991. The molecule has 5 aromatic rings. The van der Waals surface area contributed by atoms with Crippen LogP contribution in [0.2, 0.25) is 0 Å². The molecule has 5 aromatic carbocycles. The van der Waals surface area contributed by atoms with Crippen molar-refractivity contribution >= 4 is 21.5 Å². The summed E-state index contributed by atoms with van der Waals surface area (Å²) >= 11 is 0. The van der Waals surface area contributed by atoms with Gasteiger partial charge in [0.25, 0.3) is 0 Å². The van der Waals surface area contributed by atoms with Gasteiger partial charge in [0, 0.05) is 11.1 Å². The molecule has 0 aliphatic heterocycles. The molecule has 6 rings (SSSR count). The van der Waals surface area contributed by atoms with Gasteiger partial charge in [0.15, 0.2) is 0 Å². The Morgan fingerprint density at radius 1 is 0.560 bits per heavy atom. The second-order valence-corrected chi connectivity index (χ2v) is 12.7. The van der Waals surface area contributed by atoms with Crippen LogP contribution in [0.25, 0.3) is 21.5 Å². The molecule has 0 heterocycles. The highest BCUT2D eigenvalue weighted by Gasteiger charge is 2.40. The molecule has 4 heteroatoms. The van der Waals surface area contributed by atoms with Gasteiger partial charge in [-0.25, -0.2) is 0 Å². The predicted molar refractivity (Wildman–Crippen MR) is 203 cm³/mol. The summed E-state index contributed by atoms with van der Waals surface area (Å²) in [5.74, 6) is 13.7. The van der Waals surface area contributed by atoms with Gasteiger partial charge in [-0.2, -0.15) is 0 Å². The molecule has 1 fully saturated rings.